The summed E-state index contributed by atoms with van der Waals surface area (Å²) < 4.78 is 10.7. The standard InChI is InChI=1S/C19H28N2O5/c1-12(2)10-11-25-16-8-6-15(7-9-16)18(23)26-14(5)17(22)21-19(24)20-13(3)4/h6-9,12-14H,10-11H2,1-5H3,(H2,20,21,22,24). The van der Waals surface area contributed by atoms with Gasteiger partial charge in [-0.1, -0.05) is 13.8 Å². The van der Waals surface area contributed by atoms with Crippen LogP contribution in [-0.4, -0.2) is 36.7 Å². The largest absolute Gasteiger partial charge is 0.494 e. The van der Waals surface area contributed by atoms with Crippen LogP contribution in [0.1, 0.15) is 51.4 Å². The molecule has 0 fully saturated rings. The van der Waals surface area contributed by atoms with Crippen LogP contribution in [0, 0.1) is 5.92 Å². The van der Waals surface area contributed by atoms with Gasteiger partial charge in [0.2, 0.25) is 0 Å². The third-order valence-corrected chi connectivity index (χ3v) is 3.36. The Bertz CT molecular complexity index is 611. The molecule has 0 heterocycles. The number of hydrogen-bond donors (Lipinski definition) is 2. The number of ether oxygens (including phenoxy) is 2. The van der Waals surface area contributed by atoms with Gasteiger partial charge >= 0.3 is 12.0 Å². The van der Waals surface area contributed by atoms with Crippen LogP contribution >= 0.6 is 0 Å². The Morgan fingerprint density at radius 2 is 1.62 bits per heavy atom. The van der Waals surface area contributed by atoms with Gasteiger partial charge in [-0.25, -0.2) is 9.59 Å². The van der Waals surface area contributed by atoms with E-state index in [0.717, 1.165) is 6.42 Å². The fourth-order valence-electron chi connectivity index (χ4n) is 1.89. The summed E-state index contributed by atoms with van der Waals surface area (Å²) >= 11 is 0. The second-order valence-corrected chi connectivity index (χ2v) is 6.72. The molecule has 0 spiro atoms. The molecular formula is C19H28N2O5. The van der Waals surface area contributed by atoms with Crippen LogP contribution < -0.4 is 15.4 Å². The molecule has 1 atom stereocenters. The first-order chi connectivity index (χ1) is 12.2. The number of carbonyl (C=O) groups is 3. The lowest BCUT2D eigenvalue weighted by Gasteiger charge is -2.14. The summed E-state index contributed by atoms with van der Waals surface area (Å²) in [5, 5.41) is 4.64. The SMILES string of the molecule is CC(C)CCOc1ccc(C(=O)OC(C)C(=O)NC(=O)NC(C)C)cc1. The van der Waals surface area contributed by atoms with E-state index in [0.29, 0.717) is 23.8 Å². The van der Waals surface area contributed by atoms with Crippen molar-refractivity contribution < 1.29 is 23.9 Å². The maximum Gasteiger partial charge on any atom is 0.338 e. The second kappa shape index (κ2) is 10.4. The first kappa shape index (κ1) is 21.5. The van der Waals surface area contributed by atoms with E-state index in [2.05, 4.69) is 24.5 Å². The Morgan fingerprint density at radius 3 is 2.15 bits per heavy atom. The summed E-state index contributed by atoms with van der Waals surface area (Å²) in [6.07, 6.45) is -0.150. The molecule has 7 heteroatoms. The molecule has 144 valence electrons. The van der Waals surface area contributed by atoms with Gasteiger partial charge < -0.3 is 14.8 Å². The summed E-state index contributed by atoms with van der Waals surface area (Å²) in [5.41, 5.74) is 0.299. The lowest BCUT2D eigenvalue weighted by molar-refractivity contribution is -0.127. The molecule has 0 saturated carbocycles. The van der Waals surface area contributed by atoms with E-state index in [4.69, 9.17) is 9.47 Å². The molecule has 0 aliphatic rings. The number of amides is 3. The number of rotatable bonds is 8. The molecule has 7 nitrogen and oxygen atoms in total. The molecule has 1 rings (SSSR count). The molecule has 26 heavy (non-hydrogen) atoms. The Morgan fingerprint density at radius 1 is 1.00 bits per heavy atom. The van der Waals surface area contributed by atoms with Gasteiger partial charge in [-0.15, -0.1) is 0 Å². The van der Waals surface area contributed by atoms with Crippen LogP contribution in [0.15, 0.2) is 24.3 Å². The average molecular weight is 364 g/mol. The number of nitrogens with one attached hydrogen (secondary N) is 2. The van der Waals surface area contributed by atoms with E-state index in [9.17, 15) is 14.4 Å². The molecule has 1 aromatic carbocycles. The summed E-state index contributed by atoms with van der Waals surface area (Å²) in [4.78, 5) is 35.4. The third kappa shape index (κ3) is 8.00. The van der Waals surface area contributed by atoms with Gasteiger partial charge in [0.25, 0.3) is 5.91 Å². The van der Waals surface area contributed by atoms with Crippen LogP contribution in [0.4, 0.5) is 4.79 Å². The van der Waals surface area contributed by atoms with Crippen molar-refractivity contribution >= 4 is 17.9 Å². The maximum absolute atomic E-state index is 12.1. The predicted molar refractivity (Wildman–Crippen MR) is 98.1 cm³/mol. The average Bonchev–Trinajstić information content (AvgIpc) is 2.54. The normalized spacial score (nSPS) is 11.8. The molecule has 0 aromatic heterocycles. The molecule has 0 aliphatic heterocycles. The van der Waals surface area contributed by atoms with Crippen molar-refractivity contribution in [2.45, 2.75) is 53.2 Å². The molecule has 1 unspecified atom stereocenters. The van der Waals surface area contributed by atoms with Gasteiger partial charge in [-0.2, -0.15) is 0 Å². The number of esters is 1. The van der Waals surface area contributed by atoms with Gasteiger partial charge in [0, 0.05) is 6.04 Å². The number of urea groups is 1. The first-order valence-electron chi connectivity index (χ1n) is 8.74. The summed E-state index contributed by atoms with van der Waals surface area (Å²) in [7, 11) is 0. The van der Waals surface area contributed by atoms with Crippen molar-refractivity contribution in [1.29, 1.82) is 0 Å². The Labute approximate surface area is 154 Å². The molecular weight excluding hydrogens is 336 g/mol. The van der Waals surface area contributed by atoms with E-state index in [1.165, 1.54) is 6.92 Å². The Balaban J connectivity index is 2.50. The zero-order chi connectivity index (χ0) is 19.7. The van der Waals surface area contributed by atoms with Crippen LogP contribution in [0.2, 0.25) is 0 Å². The van der Waals surface area contributed by atoms with Gasteiger partial charge in [-0.05, 0) is 57.4 Å². The Hall–Kier alpha value is -2.57. The highest BCUT2D eigenvalue weighted by Gasteiger charge is 2.21. The summed E-state index contributed by atoms with van der Waals surface area (Å²) in [5.74, 6) is -0.117. The van der Waals surface area contributed by atoms with Gasteiger partial charge in [0.15, 0.2) is 6.10 Å². The van der Waals surface area contributed by atoms with Gasteiger partial charge in [0.05, 0.1) is 12.2 Å². The quantitative estimate of drug-likeness (QED) is 0.692. The minimum atomic E-state index is -1.10. The monoisotopic (exact) mass is 364 g/mol. The smallest absolute Gasteiger partial charge is 0.338 e. The minimum Gasteiger partial charge on any atom is -0.494 e. The lowest BCUT2D eigenvalue weighted by atomic mass is 10.1. The molecule has 0 aliphatic carbocycles. The molecule has 0 radical (unpaired) electrons. The third-order valence-electron chi connectivity index (χ3n) is 3.36. The van der Waals surface area contributed by atoms with E-state index >= 15 is 0 Å². The van der Waals surface area contributed by atoms with Gasteiger partial charge in [-0.3, -0.25) is 10.1 Å². The van der Waals surface area contributed by atoms with Crippen LogP contribution in [0.25, 0.3) is 0 Å². The zero-order valence-electron chi connectivity index (χ0n) is 16.0. The van der Waals surface area contributed by atoms with E-state index < -0.39 is 24.0 Å². The van der Waals surface area contributed by atoms with Crippen molar-refractivity contribution in [3.63, 3.8) is 0 Å². The van der Waals surface area contributed by atoms with E-state index in [1.54, 1.807) is 38.1 Å². The first-order valence-corrected chi connectivity index (χ1v) is 8.74. The highest BCUT2D eigenvalue weighted by atomic mass is 16.5. The van der Waals surface area contributed by atoms with Crippen LogP contribution in [-0.2, 0) is 9.53 Å². The van der Waals surface area contributed by atoms with Crippen molar-refractivity contribution in [2.24, 2.45) is 5.92 Å². The van der Waals surface area contributed by atoms with Crippen LogP contribution in [0.5, 0.6) is 5.75 Å². The zero-order valence-corrected chi connectivity index (χ0v) is 16.0. The molecule has 0 bridgehead atoms. The second-order valence-electron chi connectivity index (χ2n) is 6.72. The van der Waals surface area contributed by atoms with Crippen molar-refractivity contribution in [1.82, 2.24) is 10.6 Å². The topological polar surface area (TPSA) is 93.7 Å². The summed E-state index contributed by atoms with van der Waals surface area (Å²) in [6.45, 7) is 9.78. The van der Waals surface area contributed by atoms with Crippen molar-refractivity contribution in [2.75, 3.05) is 6.61 Å². The fourth-order valence-corrected chi connectivity index (χ4v) is 1.89. The predicted octanol–water partition coefficient (Wildman–Crippen LogP) is 2.89. The maximum atomic E-state index is 12.1. The van der Waals surface area contributed by atoms with Gasteiger partial charge in [0.1, 0.15) is 5.75 Å². The van der Waals surface area contributed by atoms with Crippen molar-refractivity contribution in [3.05, 3.63) is 29.8 Å². The highest BCUT2D eigenvalue weighted by molar-refractivity contribution is 5.98. The number of hydrogen-bond acceptors (Lipinski definition) is 5. The number of benzene rings is 1. The highest BCUT2D eigenvalue weighted by Crippen LogP contribution is 2.14. The number of imide groups is 1. The lowest BCUT2D eigenvalue weighted by Crippen LogP contribution is -2.46. The number of carbonyl (C=O) groups excluding carboxylic acids is 3. The molecule has 0 saturated heterocycles. The molecule has 3 amide bonds. The summed E-state index contributed by atoms with van der Waals surface area (Å²) in [6, 6.07) is 5.76. The van der Waals surface area contributed by atoms with E-state index in [-0.39, 0.29) is 6.04 Å². The molecule has 1 aromatic rings. The Kier molecular flexibility index (Phi) is 8.61. The fraction of sp³-hybridized carbons (Fsp3) is 0.526. The van der Waals surface area contributed by atoms with Crippen LogP contribution in [0.3, 0.4) is 0 Å². The minimum absolute atomic E-state index is 0.109. The van der Waals surface area contributed by atoms with Crippen molar-refractivity contribution in [3.8, 4) is 5.75 Å². The van der Waals surface area contributed by atoms with E-state index in [1.807, 2.05) is 0 Å². The molecule has 2 N–H and O–H groups in total.